The minimum absolute atomic E-state index is 0.733. The van der Waals surface area contributed by atoms with Gasteiger partial charge in [0.25, 0.3) is 5.97 Å². The molecule has 3 heteroatoms. The number of aliphatic hydroxyl groups is 1. The summed E-state index contributed by atoms with van der Waals surface area (Å²) in [6, 6.07) is 0. The van der Waals surface area contributed by atoms with Crippen LogP contribution in [0.1, 0.15) is 72.1 Å². The first-order valence-electron chi connectivity index (χ1n) is 6.75. The van der Waals surface area contributed by atoms with Crippen molar-refractivity contribution < 1.29 is 15.0 Å². The van der Waals surface area contributed by atoms with Gasteiger partial charge in [-0.1, -0.05) is 51.4 Å². The van der Waals surface area contributed by atoms with E-state index < -0.39 is 11.6 Å². The lowest BCUT2D eigenvalue weighted by Crippen LogP contribution is -2.20. The fourth-order valence-electron chi connectivity index (χ4n) is 1.50. The number of terminal acetylenes is 1. The van der Waals surface area contributed by atoms with Gasteiger partial charge in [0, 0.05) is 6.92 Å². The third-order valence-corrected chi connectivity index (χ3v) is 2.58. The van der Waals surface area contributed by atoms with Crippen LogP contribution in [-0.4, -0.2) is 21.8 Å². The maximum Gasteiger partial charge on any atom is 0.300 e. The molecule has 0 aromatic carbocycles. The Morgan fingerprint density at radius 3 is 1.94 bits per heavy atom. The van der Waals surface area contributed by atoms with Crippen molar-refractivity contribution in [1.82, 2.24) is 0 Å². The summed E-state index contributed by atoms with van der Waals surface area (Å²) in [7, 11) is 0. The molecule has 0 aromatic rings. The van der Waals surface area contributed by atoms with Crippen LogP contribution in [0.4, 0.5) is 0 Å². The molecule has 106 valence electrons. The Hall–Kier alpha value is -1.01. The Balaban J connectivity index is 0. The van der Waals surface area contributed by atoms with Gasteiger partial charge in [-0.3, -0.25) is 4.79 Å². The highest BCUT2D eigenvalue weighted by Crippen LogP contribution is 2.14. The molecule has 3 nitrogen and oxygen atoms in total. The number of hydrogen-bond donors (Lipinski definition) is 2. The molecule has 0 radical (unpaired) electrons. The van der Waals surface area contributed by atoms with E-state index >= 15 is 0 Å². The lowest BCUT2D eigenvalue weighted by atomic mass is 9.98. The van der Waals surface area contributed by atoms with Crippen molar-refractivity contribution in [2.45, 2.75) is 77.7 Å². The highest BCUT2D eigenvalue weighted by Gasteiger charge is 2.14. The molecular weight excluding hydrogens is 228 g/mol. The molecule has 18 heavy (non-hydrogen) atoms. The summed E-state index contributed by atoms with van der Waals surface area (Å²) in [5.74, 6) is 1.57. The molecular formula is C15H28O3. The molecule has 0 saturated heterocycles. The second-order valence-electron chi connectivity index (χ2n) is 4.81. The van der Waals surface area contributed by atoms with Crippen molar-refractivity contribution in [2.75, 3.05) is 0 Å². The Kier molecular flexibility index (Phi) is 13.4. The maximum absolute atomic E-state index is 9.53. The van der Waals surface area contributed by atoms with Crippen molar-refractivity contribution in [2.24, 2.45) is 0 Å². The summed E-state index contributed by atoms with van der Waals surface area (Å²) in [6.45, 7) is 5.02. The molecule has 0 aliphatic carbocycles. The number of aliphatic carboxylic acids is 1. The Morgan fingerprint density at radius 1 is 1.17 bits per heavy atom. The van der Waals surface area contributed by atoms with Gasteiger partial charge in [0.05, 0.1) is 0 Å². The van der Waals surface area contributed by atoms with Gasteiger partial charge < -0.3 is 10.2 Å². The SMILES string of the molecule is C#CC(C)(O)CCCCCCCCC.CC(=O)O. The fourth-order valence-corrected chi connectivity index (χ4v) is 1.50. The lowest BCUT2D eigenvalue weighted by molar-refractivity contribution is -0.134. The van der Waals surface area contributed by atoms with Gasteiger partial charge in [0.15, 0.2) is 0 Å². The van der Waals surface area contributed by atoms with Gasteiger partial charge in [-0.15, -0.1) is 6.42 Å². The number of carbonyl (C=O) groups is 1. The van der Waals surface area contributed by atoms with Gasteiger partial charge in [0.2, 0.25) is 0 Å². The second kappa shape index (κ2) is 12.4. The van der Waals surface area contributed by atoms with Gasteiger partial charge in [-0.05, 0) is 19.8 Å². The van der Waals surface area contributed by atoms with Gasteiger partial charge >= 0.3 is 0 Å². The number of hydrogen-bond acceptors (Lipinski definition) is 2. The van der Waals surface area contributed by atoms with Crippen LogP contribution in [0.25, 0.3) is 0 Å². The zero-order valence-electron chi connectivity index (χ0n) is 12.0. The molecule has 0 rings (SSSR count). The average molecular weight is 256 g/mol. The third kappa shape index (κ3) is 20.4. The van der Waals surface area contributed by atoms with Crippen LogP contribution in [0.15, 0.2) is 0 Å². The minimum Gasteiger partial charge on any atom is -0.481 e. The number of rotatable bonds is 8. The Labute approximate surface area is 112 Å². The second-order valence-corrected chi connectivity index (χ2v) is 4.81. The molecule has 0 aliphatic rings. The van der Waals surface area contributed by atoms with Crippen LogP contribution < -0.4 is 0 Å². The van der Waals surface area contributed by atoms with Crippen molar-refractivity contribution in [3.63, 3.8) is 0 Å². The average Bonchev–Trinajstić information content (AvgIpc) is 2.27. The van der Waals surface area contributed by atoms with Gasteiger partial charge in [0.1, 0.15) is 5.60 Å². The van der Waals surface area contributed by atoms with Crippen LogP contribution in [0.2, 0.25) is 0 Å². The van der Waals surface area contributed by atoms with E-state index in [0.29, 0.717) is 0 Å². The Bertz CT molecular complexity index is 235. The lowest BCUT2D eigenvalue weighted by Gasteiger charge is -2.15. The van der Waals surface area contributed by atoms with Gasteiger partial charge in [-0.2, -0.15) is 0 Å². The molecule has 1 atom stereocenters. The minimum atomic E-state index is -0.885. The first-order chi connectivity index (χ1) is 8.35. The van der Waals surface area contributed by atoms with Crippen LogP contribution in [0, 0.1) is 12.3 Å². The molecule has 0 aromatic heterocycles. The topological polar surface area (TPSA) is 57.5 Å². The maximum atomic E-state index is 9.53. The molecule has 0 fully saturated rings. The van der Waals surface area contributed by atoms with E-state index in [1.165, 1.54) is 38.5 Å². The van der Waals surface area contributed by atoms with Crippen LogP contribution in [-0.2, 0) is 4.79 Å². The van der Waals surface area contributed by atoms with E-state index in [-0.39, 0.29) is 0 Å². The molecule has 0 spiro atoms. The van der Waals surface area contributed by atoms with Crippen molar-refractivity contribution in [3.8, 4) is 12.3 Å². The summed E-state index contributed by atoms with van der Waals surface area (Å²) in [4.78, 5) is 9.00. The summed E-state index contributed by atoms with van der Waals surface area (Å²) in [5, 5.41) is 16.9. The number of carboxylic acid groups (broad SMARTS) is 1. The standard InChI is InChI=1S/C13H24O.C2H4O2/c1-4-6-7-8-9-10-11-12-13(3,14)5-2;1-2(3)4/h2,14H,4,6-12H2,1,3H3;1H3,(H,3,4). The molecule has 0 heterocycles. The van der Waals surface area contributed by atoms with E-state index in [1.54, 1.807) is 6.92 Å². The number of carboxylic acids is 1. The molecule has 0 aliphatic heterocycles. The molecule has 0 bridgehead atoms. The van der Waals surface area contributed by atoms with Crippen molar-refractivity contribution in [3.05, 3.63) is 0 Å². The van der Waals surface area contributed by atoms with Crippen LogP contribution >= 0.6 is 0 Å². The van der Waals surface area contributed by atoms with Gasteiger partial charge in [-0.25, -0.2) is 0 Å². The predicted octanol–water partition coefficient (Wildman–Crippen LogP) is 3.60. The van der Waals surface area contributed by atoms with Crippen LogP contribution in [0.3, 0.4) is 0 Å². The highest BCUT2D eigenvalue weighted by atomic mass is 16.4. The normalized spacial score (nSPS) is 12.8. The zero-order valence-corrected chi connectivity index (χ0v) is 12.0. The molecule has 1 unspecified atom stereocenters. The number of unbranched alkanes of at least 4 members (excludes halogenated alkanes) is 6. The van der Waals surface area contributed by atoms with E-state index in [9.17, 15) is 5.11 Å². The van der Waals surface area contributed by atoms with E-state index in [1.807, 2.05) is 0 Å². The summed E-state index contributed by atoms with van der Waals surface area (Å²) >= 11 is 0. The monoisotopic (exact) mass is 256 g/mol. The molecule has 0 saturated carbocycles. The highest BCUT2D eigenvalue weighted by molar-refractivity contribution is 5.62. The fraction of sp³-hybridized carbons (Fsp3) is 0.800. The summed E-state index contributed by atoms with van der Waals surface area (Å²) < 4.78 is 0. The smallest absolute Gasteiger partial charge is 0.300 e. The third-order valence-electron chi connectivity index (χ3n) is 2.58. The van der Waals surface area contributed by atoms with Crippen molar-refractivity contribution in [1.29, 1.82) is 0 Å². The molecule has 0 amide bonds. The molecule has 2 N–H and O–H groups in total. The van der Waals surface area contributed by atoms with E-state index in [4.69, 9.17) is 16.3 Å². The summed E-state index contributed by atoms with van der Waals surface area (Å²) in [6.07, 6.45) is 14.8. The quantitative estimate of drug-likeness (QED) is 0.515. The largest absolute Gasteiger partial charge is 0.481 e. The Morgan fingerprint density at radius 2 is 1.56 bits per heavy atom. The van der Waals surface area contributed by atoms with E-state index in [2.05, 4.69) is 12.8 Å². The first kappa shape index (κ1) is 19.3. The van der Waals surface area contributed by atoms with Crippen LogP contribution in [0.5, 0.6) is 0 Å². The first-order valence-corrected chi connectivity index (χ1v) is 6.75. The predicted molar refractivity (Wildman–Crippen MR) is 75.4 cm³/mol. The van der Waals surface area contributed by atoms with Crippen molar-refractivity contribution >= 4 is 5.97 Å². The summed E-state index contributed by atoms with van der Waals surface area (Å²) in [5.41, 5.74) is -0.885. The zero-order chi connectivity index (χ0) is 14.4. The van der Waals surface area contributed by atoms with E-state index in [0.717, 1.165) is 19.8 Å².